The minimum Gasteiger partial charge on any atom is -0.365 e. The summed E-state index contributed by atoms with van der Waals surface area (Å²) in [4.78, 5) is 11.8. The molecule has 2 heterocycles. The van der Waals surface area contributed by atoms with E-state index in [1.54, 1.807) is 19.1 Å². The van der Waals surface area contributed by atoms with Crippen molar-refractivity contribution < 1.29 is 22.0 Å². The van der Waals surface area contributed by atoms with Crippen LogP contribution >= 0.6 is 0 Å². The Kier molecular flexibility index (Phi) is 4.84. The minimum absolute atomic E-state index is 0.00121. The Labute approximate surface area is 167 Å². The predicted molar refractivity (Wildman–Crippen MR) is 100 cm³/mol. The lowest BCUT2D eigenvalue weighted by atomic mass is 10.2. The number of benzene rings is 2. The lowest BCUT2D eigenvalue weighted by Gasteiger charge is -2.11. The standard InChI is InChI=1S/C20H14F5N5/c1-11-2-5-16-15(6-11)29-19(20(23,24)25)30(16)18-10-27-17(9-28-18)26-8-12-3-4-13(21)7-14(12)22/h2-7,9-10H,8H2,1H3,(H,26,27). The second-order valence-corrected chi connectivity index (χ2v) is 6.61. The summed E-state index contributed by atoms with van der Waals surface area (Å²) >= 11 is 0. The van der Waals surface area contributed by atoms with Crippen LogP contribution in [0.15, 0.2) is 48.8 Å². The van der Waals surface area contributed by atoms with Gasteiger partial charge in [0.2, 0.25) is 5.82 Å². The molecule has 4 aromatic rings. The van der Waals surface area contributed by atoms with E-state index in [4.69, 9.17) is 0 Å². The third-order valence-electron chi connectivity index (χ3n) is 4.41. The van der Waals surface area contributed by atoms with E-state index < -0.39 is 23.6 Å². The topological polar surface area (TPSA) is 55.6 Å². The molecule has 0 fully saturated rings. The predicted octanol–water partition coefficient (Wildman–Crippen LogP) is 5.03. The van der Waals surface area contributed by atoms with Gasteiger partial charge < -0.3 is 5.32 Å². The van der Waals surface area contributed by atoms with Gasteiger partial charge in [0.25, 0.3) is 0 Å². The van der Waals surface area contributed by atoms with Gasteiger partial charge in [-0.15, -0.1) is 0 Å². The number of imidazole rings is 1. The first kappa shape index (κ1) is 19.7. The zero-order valence-electron chi connectivity index (χ0n) is 15.5. The van der Waals surface area contributed by atoms with E-state index in [1.807, 2.05) is 0 Å². The number of aryl methyl sites for hydroxylation is 1. The molecule has 0 aliphatic heterocycles. The molecule has 0 aliphatic rings. The Morgan fingerprint density at radius 2 is 1.80 bits per heavy atom. The summed E-state index contributed by atoms with van der Waals surface area (Å²) in [7, 11) is 0. The third-order valence-corrected chi connectivity index (χ3v) is 4.41. The van der Waals surface area contributed by atoms with Crippen molar-refractivity contribution in [1.82, 2.24) is 19.5 Å². The highest BCUT2D eigenvalue weighted by Crippen LogP contribution is 2.33. The molecule has 2 aromatic heterocycles. The molecule has 5 nitrogen and oxygen atoms in total. The zero-order valence-corrected chi connectivity index (χ0v) is 15.5. The number of hydrogen-bond acceptors (Lipinski definition) is 4. The molecule has 0 saturated heterocycles. The first-order valence-electron chi connectivity index (χ1n) is 8.79. The quantitative estimate of drug-likeness (QED) is 0.472. The molecule has 0 amide bonds. The highest BCUT2D eigenvalue weighted by Gasteiger charge is 2.38. The van der Waals surface area contributed by atoms with Gasteiger partial charge in [0.05, 0.1) is 23.4 Å². The Bertz CT molecular complexity index is 1210. The maximum Gasteiger partial charge on any atom is 0.450 e. The Hall–Kier alpha value is -3.56. The normalized spacial score (nSPS) is 11.8. The monoisotopic (exact) mass is 419 g/mol. The molecule has 2 aromatic carbocycles. The summed E-state index contributed by atoms with van der Waals surface area (Å²) in [5, 5.41) is 2.80. The highest BCUT2D eigenvalue weighted by atomic mass is 19.4. The molecule has 0 bridgehead atoms. The van der Waals surface area contributed by atoms with Crippen molar-refractivity contribution in [3.8, 4) is 5.82 Å². The van der Waals surface area contributed by atoms with E-state index in [0.717, 1.165) is 22.3 Å². The van der Waals surface area contributed by atoms with Crippen molar-refractivity contribution in [2.45, 2.75) is 19.6 Å². The zero-order chi connectivity index (χ0) is 21.5. The van der Waals surface area contributed by atoms with Crippen LogP contribution < -0.4 is 5.32 Å². The van der Waals surface area contributed by atoms with E-state index in [9.17, 15) is 22.0 Å². The van der Waals surface area contributed by atoms with Crippen LogP contribution in [-0.2, 0) is 12.7 Å². The molecule has 30 heavy (non-hydrogen) atoms. The lowest BCUT2D eigenvalue weighted by Crippen LogP contribution is -2.15. The Morgan fingerprint density at radius 1 is 1.00 bits per heavy atom. The number of nitrogens with zero attached hydrogens (tertiary/aromatic N) is 4. The largest absolute Gasteiger partial charge is 0.450 e. The number of hydrogen-bond donors (Lipinski definition) is 1. The van der Waals surface area contributed by atoms with Gasteiger partial charge in [-0.2, -0.15) is 13.2 Å². The van der Waals surface area contributed by atoms with Gasteiger partial charge in [0.1, 0.15) is 17.5 Å². The van der Waals surface area contributed by atoms with Crippen LogP contribution in [0.5, 0.6) is 0 Å². The Morgan fingerprint density at radius 3 is 2.47 bits per heavy atom. The first-order chi connectivity index (χ1) is 14.2. The number of fused-ring (bicyclic) bond motifs is 1. The molecular weight excluding hydrogens is 405 g/mol. The smallest absolute Gasteiger partial charge is 0.365 e. The lowest BCUT2D eigenvalue weighted by molar-refractivity contribution is -0.145. The molecule has 154 valence electrons. The summed E-state index contributed by atoms with van der Waals surface area (Å²) in [5.41, 5.74) is 1.42. The second kappa shape index (κ2) is 7.36. The van der Waals surface area contributed by atoms with Crippen molar-refractivity contribution in [3.63, 3.8) is 0 Å². The molecule has 0 radical (unpaired) electrons. The average Bonchev–Trinajstić information content (AvgIpc) is 3.07. The molecule has 4 rings (SSSR count). The summed E-state index contributed by atoms with van der Waals surface area (Å²) in [6.07, 6.45) is -2.29. The van der Waals surface area contributed by atoms with Crippen molar-refractivity contribution >= 4 is 16.9 Å². The van der Waals surface area contributed by atoms with Crippen molar-refractivity contribution in [1.29, 1.82) is 0 Å². The first-order valence-corrected chi connectivity index (χ1v) is 8.79. The summed E-state index contributed by atoms with van der Waals surface area (Å²) < 4.78 is 68.1. The van der Waals surface area contributed by atoms with Gasteiger partial charge in [0, 0.05) is 18.2 Å². The molecule has 0 atom stereocenters. The van der Waals surface area contributed by atoms with Gasteiger partial charge in [-0.05, 0) is 30.7 Å². The maximum absolute atomic E-state index is 13.7. The van der Waals surface area contributed by atoms with Crippen LogP contribution in [0, 0.1) is 18.6 Å². The van der Waals surface area contributed by atoms with Gasteiger partial charge >= 0.3 is 6.18 Å². The number of rotatable bonds is 4. The molecular formula is C20H14F5N5. The van der Waals surface area contributed by atoms with Crippen LogP contribution in [-0.4, -0.2) is 19.5 Å². The average molecular weight is 419 g/mol. The SMILES string of the molecule is Cc1ccc2c(c1)nc(C(F)(F)F)n2-c1cnc(NCc2ccc(F)cc2F)cn1. The second-order valence-electron chi connectivity index (χ2n) is 6.61. The molecule has 10 heteroatoms. The molecule has 1 N–H and O–H groups in total. The van der Waals surface area contributed by atoms with E-state index in [2.05, 4.69) is 20.3 Å². The Balaban J connectivity index is 1.65. The fraction of sp³-hybridized carbons (Fsp3) is 0.150. The molecule has 0 saturated carbocycles. The summed E-state index contributed by atoms with van der Waals surface area (Å²) in [6, 6.07) is 7.95. The fourth-order valence-corrected chi connectivity index (χ4v) is 2.99. The van der Waals surface area contributed by atoms with Crippen LogP contribution in [0.4, 0.5) is 27.8 Å². The summed E-state index contributed by atoms with van der Waals surface area (Å²) in [6.45, 7) is 1.76. The van der Waals surface area contributed by atoms with Crippen molar-refractivity contribution in [3.05, 3.63) is 77.4 Å². The van der Waals surface area contributed by atoms with E-state index in [0.29, 0.717) is 0 Å². The number of halogens is 5. The van der Waals surface area contributed by atoms with Crippen LogP contribution in [0.2, 0.25) is 0 Å². The van der Waals surface area contributed by atoms with Crippen LogP contribution in [0.3, 0.4) is 0 Å². The van der Waals surface area contributed by atoms with Crippen LogP contribution in [0.1, 0.15) is 17.0 Å². The van der Waals surface area contributed by atoms with Gasteiger partial charge in [-0.25, -0.2) is 23.7 Å². The van der Waals surface area contributed by atoms with Crippen molar-refractivity contribution in [2.24, 2.45) is 0 Å². The number of aromatic nitrogens is 4. The number of alkyl halides is 3. The van der Waals surface area contributed by atoms with Gasteiger partial charge in [-0.1, -0.05) is 12.1 Å². The maximum atomic E-state index is 13.7. The third kappa shape index (κ3) is 3.80. The molecule has 0 aliphatic carbocycles. The fourth-order valence-electron chi connectivity index (χ4n) is 2.99. The van der Waals surface area contributed by atoms with E-state index in [-0.39, 0.29) is 34.8 Å². The summed E-state index contributed by atoms with van der Waals surface area (Å²) in [5.74, 6) is -2.36. The van der Waals surface area contributed by atoms with Gasteiger partial charge in [-0.3, -0.25) is 4.57 Å². The van der Waals surface area contributed by atoms with Crippen LogP contribution in [0.25, 0.3) is 16.9 Å². The number of anilines is 1. The van der Waals surface area contributed by atoms with Gasteiger partial charge in [0.15, 0.2) is 5.82 Å². The van der Waals surface area contributed by atoms with E-state index in [1.165, 1.54) is 24.5 Å². The van der Waals surface area contributed by atoms with E-state index >= 15 is 0 Å². The highest BCUT2D eigenvalue weighted by molar-refractivity contribution is 5.78. The molecule has 0 unspecified atom stereocenters. The number of nitrogens with one attached hydrogen (secondary N) is 1. The minimum atomic E-state index is -4.69. The molecule has 0 spiro atoms. The van der Waals surface area contributed by atoms with Crippen molar-refractivity contribution in [2.75, 3.05) is 5.32 Å².